The molecule has 0 rings (SSSR count). The molecule has 8 nitrogen and oxygen atoms in total. The number of quaternary nitrogens is 1. The topological polar surface area (TPSA) is 102 Å². The van der Waals surface area contributed by atoms with E-state index in [-0.39, 0.29) is 49.1 Å². The van der Waals surface area contributed by atoms with Gasteiger partial charge in [-0.25, -0.2) is 0 Å². The zero-order valence-electron chi connectivity index (χ0n) is 32.7. The molecular formula is C43H71NO7. The Kier molecular flexibility index (Phi) is 31.7. The Morgan fingerprint density at radius 1 is 0.608 bits per heavy atom. The number of carbonyl (C=O) groups is 3. The maximum absolute atomic E-state index is 12.7. The molecule has 8 heteroatoms. The summed E-state index contributed by atoms with van der Waals surface area (Å²) < 4.78 is 17.1. The lowest BCUT2D eigenvalue weighted by molar-refractivity contribution is -0.889. The van der Waals surface area contributed by atoms with E-state index in [0.717, 1.165) is 96.3 Å². The number of hydrogen-bond acceptors (Lipinski definition) is 7. The van der Waals surface area contributed by atoms with E-state index in [1.165, 1.54) is 0 Å². The summed E-state index contributed by atoms with van der Waals surface area (Å²) in [7, 11) is 5.37. The van der Waals surface area contributed by atoms with Crippen LogP contribution in [0.3, 0.4) is 0 Å². The van der Waals surface area contributed by atoms with Gasteiger partial charge in [0.1, 0.15) is 12.6 Å². The number of aliphatic carboxylic acids is 1. The van der Waals surface area contributed by atoms with Crippen LogP contribution in [0.25, 0.3) is 0 Å². The van der Waals surface area contributed by atoms with Gasteiger partial charge in [0.05, 0.1) is 40.3 Å². The van der Waals surface area contributed by atoms with E-state index in [9.17, 15) is 19.5 Å². The van der Waals surface area contributed by atoms with Crippen molar-refractivity contribution in [2.24, 2.45) is 0 Å². The average molecular weight is 714 g/mol. The van der Waals surface area contributed by atoms with Crippen molar-refractivity contribution in [3.8, 4) is 0 Å². The van der Waals surface area contributed by atoms with Crippen LogP contribution in [0.1, 0.15) is 129 Å². The molecule has 51 heavy (non-hydrogen) atoms. The van der Waals surface area contributed by atoms with Gasteiger partial charge in [-0.1, -0.05) is 125 Å². The summed E-state index contributed by atoms with van der Waals surface area (Å²) in [5.41, 5.74) is 0. The minimum Gasteiger partial charge on any atom is -0.544 e. The fraction of sp³-hybridized carbons (Fsp3) is 0.651. The van der Waals surface area contributed by atoms with Gasteiger partial charge in [0.25, 0.3) is 0 Å². The molecule has 2 unspecified atom stereocenters. The quantitative estimate of drug-likeness (QED) is 0.0221. The molecule has 0 aliphatic rings. The molecule has 0 aliphatic carbocycles. The molecule has 0 aromatic heterocycles. The first-order chi connectivity index (χ1) is 24.6. The molecule has 0 N–H and O–H groups in total. The number of esters is 2. The molecule has 2 atom stereocenters. The Labute approximate surface area is 311 Å². The first kappa shape index (κ1) is 47.8. The highest BCUT2D eigenvalue weighted by molar-refractivity contribution is 5.70. The van der Waals surface area contributed by atoms with Crippen molar-refractivity contribution < 1.29 is 38.2 Å². The van der Waals surface area contributed by atoms with Crippen molar-refractivity contribution in [1.82, 2.24) is 0 Å². The molecule has 0 aliphatic heterocycles. The standard InChI is InChI=1S/C43H71NO7/c1-6-8-10-12-14-16-18-20-21-22-24-26-28-30-32-34-42(46)51-39(37-49-36-35-40(43(47)48)44(3,4)5)38-50-41(45)33-31-29-27-25-23-19-17-15-13-11-9-7-2/h8-12,14-18,20-21,39-40H,6-7,13,19,22-38H2,1-5H3/b10-8+,11-9+,14-12+,17-15+,18-16+,21-20+. The van der Waals surface area contributed by atoms with E-state index < -0.39 is 18.1 Å². The van der Waals surface area contributed by atoms with Crippen molar-refractivity contribution in [2.75, 3.05) is 41.0 Å². The normalized spacial score (nSPS) is 13.8. The molecule has 0 saturated carbocycles. The van der Waals surface area contributed by atoms with E-state index in [1.54, 1.807) is 21.1 Å². The lowest BCUT2D eigenvalue weighted by Gasteiger charge is -2.34. The highest BCUT2D eigenvalue weighted by Gasteiger charge is 2.25. The number of carboxylic acids is 1. The number of unbranched alkanes of at least 4 members (excludes halogenated alkanes) is 10. The molecule has 0 amide bonds. The predicted octanol–water partition coefficient (Wildman–Crippen LogP) is 8.68. The molecule has 0 heterocycles. The summed E-state index contributed by atoms with van der Waals surface area (Å²) in [6.45, 7) is 4.34. The van der Waals surface area contributed by atoms with Crippen molar-refractivity contribution in [3.63, 3.8) is 0 Å². The van der Waals surface area contributed by atoms with Crippen LogP contribution < -0.4 is 5.11 Å². The third-order valence-electron chi connectivity index (χ3n) is 8.18. The number of nitrogens with zero attached hydrogens (tertiary/aromatic N) is 1. The van der Waals surface area contributed by atoms with Crippen molar-refractivity contribution in [2.45, 2.75) is 142 Å². The fourth-order valence-corrected chi connectivity index (χ4v) is 5.18. The summed E-state index contributed by atoms with van der Waals surface area (Å²) >= 11 is 0. The predicted molar refractivity (Wildman–Crippen MR) is 208 cm³/mol. The fourth-order valence-electron chi connectivity index (χ4n) is 5.18. The summed E-state index contributed by atoms with van der Waals surface area (Å²) in [5, 5.41) is 11.6. The van der Waals surface area contributed by atoms with Crippen molar-refractivity contribution in [3.05, 3.63) is 72.9 Å². The van der Waals surface area contributed by atoms with Gasteiger partial charge in [0.15, 0.2) is 6.10 Å². The second kappa shape index (κ2) is 33.9. The van der Waals surface area contributed by atoms with Crippen molar-refractivity contribution >= 4 is 17.9 Å². The third kappa shape index (κ3) is 32.4. The molecule has 0 radical (unpaired) electrons. The number of hydrogen-bond donors (Lipinski definition) is 0. The highest BCUT2D eigenvalue weighted by atomic mass is 16.6. The summed E-state index contributed by atoms with van der Waals surface area (Å²) in [5.74, 6) is -1.80. The number of ether oxygens (including phenoxy) is 3. The molecule has 290 valence electrons. The smallest absolute Gasteiger partial charge is 0.306 e. The van der Waals surface area contributed by atoms with Gasteiger partial charge in [0, 0.05) is 19.3 Å². The third-order valence-corrected chi connectivity index (χ3v) is 8.18. The molecule has 0 saturated heterocycles. The lowest BCUT2D eigenvalue weighted by Crippen LogP contribution is -2.55. The maximum Gasteiger partial charge on any atom is 0.306 e. The van der Waals surface area contributed by atoms with Crippen molar-refractivity contribution in [1.29, 1.82) is 0 Å². The molecule has 0 fully saturated rings. The van der Waals surface area contributed by atoms with Gasteiger partial charge in [-0.2, -0.15) is 0 Å². The van der Waals surface area contributed by atoms with Gasteiger partial charge in [0.2, 0.25) is 0 Å². The highest BCUT2D eigenvalue weighted by Crippen LogP contribution is 2.12. The number of carbonyl (C=O) groups excluding carboxylic acids is 3. The van der Waals surface area contributed by atoms with Gasteiger partial charge in [-0.3, -0.25) is 9.59 Å². The minimum absolute atomic E-state index is 0.0220. The lowest BCUT2D eigenvalue weighted by atomic mass is 10.1. The van der Waals surface area contributed by atoms with E-state index in [1.807, 2.05) is 30.4 Å². The van der Waals surface area contributed by atoms with Crippen LogP contribution >= 0.6 is 0 Å². The zero-order valence-corrected chi connectivity index (χ0v) is 32.7. The minimum atomic E-state index is -1.14. The van der Waals surface area contributed by atoms with E-state index in [0.29, 0.717) is 6.42 Å². The zero-order chi connectivity index (χ0) is 37.8. The van der Waals surface area contributed by atoms with E-state index >= 15 is 0 Å². The first-order valence-electron chi connectivity index (χ1n) is 19.5. The largest absolute Gasteiger partial charge is 0.544 e. The number of allylic oxidation sites excluding steroid dienone is 12. The van der Waals surface area contributed by atoms with Gasteiger partial charge < -0.3 is 28.6 Å². The van der Waals surface area contributed by atoms with Gasteiger partial charge in [-0.05, 0) is 57.8 Å². The second-order valence-corrected chi connectivity index (χ2v) is 13.8. The van der Waals surface area contributed by atoms with Crippen LogP contribution in [0.4, 0.5) is 0 Å². The Morgan fingerprint density at radius 2 is 1.14 bits per heavy atom. The maximum atomic E-state index is 12.7. The molecule has 0 aromatic rings. The van der Waals surface area contributed by atoms with Gasteiger partial charge >= 0.3 is 11.9 Å². The van der Waals surface area contributed by atoms with Gasteiger partial charge in [-0.15, -0.1) is 0 Å². The summed E-state index contributed by atoms with van der Waals surface area (Å²) in [6, 6.07) is -0.735. The number of rotatable bonds is 33. The number of likely N-dealkylation sites (N-methyl/N-ethyl adjacent to an activating group) is 1. The molecule has 0 aromatic carbocycles. The summed E-state index contributed by atoms with van der Waals surface area (Å²) in [4.78, 5) is 36.7. The van der Waals surface area contributed by atoms with Crippen LogP contribution in [-0.2, 0) is 28.6 Å². The van der Waals surface area contributed by atoms with E-state index in [4.69, 9.17) is 14.2 Å². The van der Waals surface area contributed by atoms with Crippen LogP contribution in [0.2, 0.25) is 0 Å². The molecular weight excluding hydrogens is 642 g/mol. The molecule has 0 spiro atoms. The number of carboxylic acid groups (broad SMARTS) is 1. The average Bonchev–Trinajstić information content (AvgIpc) is 3.08. The summed E-state index contributed by atoms with van der Waals surface area (Å²) in [6.07, 6.45) is 40.7. The van der Waals surface area contributed by atoms with Crippen LogP contribution in [0.15, 0.2) is 72.9 Å². The van der Waals surface area contributed by atoms with Crippen LogP contribution in [0, 0.1) is 0 Å². The monoisotopic (exact) mass is 714 g/mol. The molecule has 0 bridgehead atoms. The second-order valence-electron chi connectivity index (χ2n) is 13.8. The SMILES string of the molecule is CC/C=C/C=C/C=C/C=C/CCCCCCCC(=O)OC(COCCC(C(=O)[O-])[N+](C)(C)C)COC(=O)CCCCCCC/C=C/C/C=C/CC. The van der Waals surface area contributed by atoms with E-state index in [2.05, 4.69) is 56.4 Å². The Morgan fingerprint density at radius 3 is 1.75 bits per heavy atom. The Bertz CT molecular complexity index is 1060. The first-order valence-corrected chi connectivity index (χ1v) is 19.5. The van der Waals surface area contributed by atoms with Crippen LogP contribution in [-0.4, -0.2) is 75.5 Å². The Hall–Kier alpha value is -3.23. The van der Waals surface area contributed by atoms with Crippen LogP contribution in [0.5, 0.6) is 0 Å². The Balaban J connectivity index is 4.50.